The quantitative estimate of drug-likeness (QED) is 0.836. The molecule has 0 radical (unpaired) electrons. The fourth-order valence-electron chi connectivity index (χ4n) is 2.40. The highest BCUT2D eigenvalue weighted by Crippen LogP contribution is 2.24. The lowest BCUT2D eigenvalue weighted by Gasteiger charge is -2.32. The molecule has 0 spiro atoms. The van der Waals surface area contributed by atoms with E-state index in [-0.39, 0.29) is 0 Å². The summed E-state index contributed by atoms with van der Waals surface area (Å²) in [4.78, 5) is 7.12. The Hall–Kier alpha value is -1.16. The molecule has 2 rings (SSSR count). The lowest BCUT2D eigenvalue weighted by atomic mass is 9.94. The normalized spacial score (nSPS) is 16.8. The van der Waals surface area contributed by atoms with Crippen LogP contribution >= 0.6 is 12.2 Å². The van der Waals surface area contributed by atoms with Crippen LogP contribution in [0.15, 0.2) is 18.3 Å². The smallest absolute Gasteiger partial charge is 0.128 e. The third-order valence-electron chi connectivity index (χ3n) is 3.52. The van der Waals surface area contributed by atoms with Crippen molar-refractivity contribution in [2.45, 2.75) is 38.1 Å². The fourth-order valence-corrected chi connectivity index (χ4v) is 2.52. The number of hydrogen-bond donors (Lipinski definition) is 1. The van der Waals surface area contributed by atoms with Gasteiger partial charge in [0.1, 0.15) is 10.8 Å². The molecule has 0 unspecified atom stereocenters. The Kier molecular flexibility index (Phi) is 3.94. The molecule has 4 heteroatoms. The van der Waals surface area contributed by atoms with Gasteiger partial charge in [-0.2, -0.15) is 0 Å². The van der Waals surface area contributed by atoms with Crippen LogP contribution < -0.4 is 10.6 Å². The molecule has 0 amide bonds. The Morgan fingerprint density at radius 1 is 1.35 bits per heavy atom. The zero-order valence-corrected chi connectivity index (χ0v) is 11.0. The van der Waals surface area contributed by atoms with E-state index in [1.807, 2.05) is 12.1 Å². The molecule has 1 saturated carbocycles. The SMILES string of the molecule is CN(c1ccc(C(N)=S)cn1)C1CCCCC1. The molecule has 92 valence electrons. The van der Waals surface area contributed by atoms with Crippen molar-refractivity contribution in [1.29, 1.82) is 0 Å². The van der Waals surface area contributed by atoms with Gasteiger partial charge in [-0.15, -0.1) is 0 Å². The average Bonchev–Trinajstić information content (AvgIpc) is 2.39. The molecule has 2 N–H and O–H groups in total. The molecule has 0 saturated heterocycles. The molecule has 1 aliphatic rings. The molecular formula is C13H19N3S. The van der Waals surface area contributed by atoms with Crippen LogP contribution in [0.3, 0.4) is 0 Å². The van der Waals surface area contributed by atoms with Gasteiger partial charge < -0.3 is 10.6 Å². The first-order valence-corrected chi connectivity index (χ1v) is 6.58. The van der Waals surface area contributed by atoms with Crippen molar-refractivity contribution in [2.24, 2.45) is 5.73 Å². The summed E-state index contributed by atoms with van der Waals surface area (Å²) in [6.45, 7) is 0. The largest absolute Gasteiger partial charge is 0.389 e. The van der Waals surface area contributed by atoms with Crippen molar-refractivity contribution in [2.75, 3.05) is 11.9 Å². The zero-order valence-electron chi connectivity index (χ0n) is 10.2. The molecule has 0 atom stereocenters. The van der Waals surface area contributed by atoms with Crippen LogP contribution in [-0.4, -0.2) is 23.1 Å². The van der Waals surface area contributed by atoms with Crippen molar-refractivity contribution in [1.82, 2.24) is 4.98 Å². The Morgan fingerprint density at radius 2 is 2.06 bits per heavy atom. The predicted octanol–water partition coefficient (Wildman–Crippen LogP) is 2.48. The minimum atomic E-state index is 0.407. The molecule has 0 aromatic carbocycles. The third-order valence-corrected chi connectivity index (χ3v) is 3.75. The highest BCUT2D eigenvalue weighted by atomic mass is 32.1. The molecule has 17 heavy (non-hydrogen) atoms. The summed E-state index contributed by atoms with van der Waals surface area (Å²) in [5.74, 6) is 1.01. The van der Waals surface area contributed by atoms with Gasteiger partial charge in [0.25, 0.3) is 0 Å². The van der Waals surface area contributed by atoms with Gasteiger partial charge in [-0.1, -0.05) is 31.5 Å². The van der Waals surface area contributed by atoms with Crippen LogP contribution in [0.4, 0.5) is 5.82 Å². The third kappa shape index (κ3) is 2.94. The summed E-state index contributed by atoms with van der Waals surface area (Å²) in [6, 6.07) is 4.58. The van der Waals surface area contributed by atoms with Crippen LogP contribution in [0.25, 0.3) is 0 Å². The Balaban J connectivity index is 2.07. The first-order chi connectivity index (χ1) is 8.18. The monoisotopic (exact) mass is 249 g/mol. The number of hydrogen-bond acceptors (Lipinski definition) is 3. The Bertz CT molecular complexity index is 382. The molecule has 1 aromatic heterocycles. The molecule has 0 aliphatic heterocycles. The zero-order chi connectivity index (χ0) is 12.3. The van der Waals surface area contributed by atoms with Gasteiger partial charge >= 0.3 is 0 Å². The molecule has 1 aliphatic carbocycles. The Labute approximate surface area is 108 Å². The molecule has 1 heterocycles. The first-order valence-electron chi connectivity index (χ1n) is 6.17. The number of nitrogens with two attached hydrogens (primary N) is 1. The maximum Gasteiger partial charge on any atom is 0.128 e. The summed E-state index contributed by atoms with van der Waals surface area (Å²) in [7, 11) is 2.12. The van der Waals surface area contributed by atoms with E-state index >= 15 is 0 Å². The second-order valence-corrected chi connectivity index (χ2v) is 5.11. The van der Waals surface area contributed by atoms with Gasteiger partial charge in [-0.3, -0.25) is 0 Å². The molecule has 1 aromatic rings. The summed E-state index contributed by atoms with van der Waals surface area (Å²) < 4.78 is 0. The van der Waals surface area contributed by atoms with Gasteiger partial charge in [-0.05, 0) is 25.0 Å². The summed E-state index contributed by atoms with van der Waals surface area (Å²) in [5, 5.41) is 0. The number of rotatable bonds is 3. The van der Waals surface area contributed by atoms with Gasteiger partial charge in [-0.25, -0.2) is 4.98 Å². The van der Waals surface area contributed by atoms with E-state index in [0.29, 0.717) is 11.0 Å². The summed E-state index contributed by atoms with van der Waals surface area (Å²) in [6.07, 6.45) is 8.35. The molecular weight excluding hydrogens is 230 g/mol. The van der Waals surface area contributed by atoms with E-state index in [2.05, 4.69) is 16.9 Å². The number of thiocarbonyl (C=S) groups is 1. The lowest BCUT2D eigenvalue weighted by molar-refractivity contribution is 0.426. The number of aromatic nitrogens is 1. The van der Waals surface area contributed by atoms with Crippen LogP contribution in [0, 0.1) is 0 Å². The second kappa shape index (κ2) is 5.45. The summed E-state index contributed by atoms with van der Waals surface area (Å²) in [5.41, 5.74) is 6.39. The van der Waals surface area contributed by atoms with Crippen LogP contribution in [0.5, 0.6) is 0 Å². The van der Waals surface area contributed by atoms with E-state index in [1.165, 1.54) is 32.1 Å². The van der Waals surface area contributed by atoms with Gasteiger partial charge in [0, 0.05) is 24.8 Å². The minimum Gasteiger partial charge on any atom is -0.389 e. The average molecular weight is 249 g/mol. The van der Waals surface area contributed by atoms with Gasteiger partial charge in [0.2, 0.25) is 0 Å². The standard InChI is InChI=1S/C13H19N3S/c1-16(11-5-3-2-4-6-11)12-8-7-10(9-15-12)13(14)17/h7-9,11H,2-6H2,1H3,(H2,14,17). The topological polar surface area (TPSA) is 42.1 Å². The number of nitrogens with zero attached hydrogens (tertiary/aromatic N) is 2. The number of pyridine rings is 1. The van der Waals surface area contributed by atoms with Crippen molar-refractivity contribution in [3.63, 3.8) is 0 Å². The highest BCUT2D eigenvalue weighted by Gasteiger charge is 2.18. The second-order valence-electron chi connectivity index (χ2n) is 4.67. The van der Waals surface area contributed by atoms with Crippen LogP contribution in [0.1, 0.15) is 37.7 Å². The van der Waals surface area contributed by atoms with E-state index in [1.54, 1.807) is 6.20 Å². The number of anilines is 1. The fraction of sp³-hybridized carbons (Fsp3) is 0.538. The van der Waals surface area contributed by atoms with E-state index in [0.717, 1.165) is 11.4 Å². The molecule has 1 fully saturated rings. The minimum absolute atomic E-state index is 0.407. The van der Waals surface area contributed by atoms with Crippen molar-refractivity contribution < 1.29 is 0 Å². The van der Waals surface area contributed by atoms with Crippen LogP contribution in [0.2, 0.25) is 0 Å². The maximum absolute atomic E-state index is 5.56. The van der Waals surface area contributed by atoms with Gasteiger partial charge in [0.05, 0.1) is 0 Å². The van der Waals surface area contributed by atoms with Gasteiger partial charge in [0.15, 0.2) is 0 Å². The highest BCUT2D eigenvalue weighted by molar-refractivity contribution is 7.80. The van der Waals surface area contributed by atoms with Crippen molar-refractivity contribution in [3.05, 3.63) is 23.9 Å². The van der Waals surface area contributed by atoms with E-state index in [4.69, 9.17) is 18.0 Å². The maximum atomic E-state index is 5.56. The van der Waals surface area contributed by atoms with Crippen molar-refractivity contribution in [3.8, 4) is 0 Å². The molecule has 3 nitrogen and oxygen atoms in total. The lowest BCUT2D eigenvalue weighted by Crippen LogP contribution is -2.33. The van der Waals surface area contributed by atoms with Crippen molar-refractivity contribution >= 4 is 23.0 Å². The first kappa shape index (κ1) is 12.3. The molecule has 0 bridgehead atoms. The summed E-state index contributed by atoms with van der Waals surface area (Å²) >= 11 is 4.92. The van der Waals surface area contributed by atoms with E-state index < -0.39 is 0 Å². The Morgan fingerprint density at radius 3 is 2.59 bits per heavy atom. The van der Waals surface area contributed by atoms with Crippen LogP contribution in [-0.2, 0) is 0 Å². The predicted molar refractivity (Wildman–Crippen MR) is 75.4 cm³/mol. The van der Waals surface area contributed by atoms with E-state index in [9.17, 15) is 0 Å².